The van der Waals surface area contributed by atoms with Crippen molar-refractivity contribution >= 4 is 5.78 Å². The van der Waals surface area contributed by atoms with E-state index in [1.54, 1.807) is 0 Å². The van der Waals surface area contributed by atoms with Crippen LogP contribution in [-0.4, -0.2) is 5.78 Å². The van der Waals surface area contributed by atoms with E-state index >= 15 is 0 Å². The van der Waals surface area contributed by atoms with E-state index in [2.05, 4.69) is 45.0 Å². The largest absolute Gasteiger partial charge is 0.294 e. The van der Waals surface area contributed by atoms with Crippen LogP contribution in [0.2, 0.25) is 0 Å². The highest BCUT2D eigenvalue weighted by atomic mass is 16.1. The molecule has 2 rings (SSSR count). The molecule has 0 amide bonds. The lowest BCUT2D eigenvalue weighted by atomic mass is 9.92. The van der Waals surface area contributed by atoms with E-state index in [0.717, 1.165) is 12.0 Å². The molecule has 0 fully saturated rings. The summed E-state index contributed by atoms with van der Waals surface area (Å²) >= 11 is 0. The maximum absolute atomic E-state index is 12.1. The molecule has 21 heavy (non-hydrogen) atoms. The van der Waals surface area contributed by atoms with E-state index in [9.17, 15) is 4.79 Å². The average molecular weight is 282 g/mol. The number of Topliss-reactive ketones (excluding diaryl/α,β-unsaturated/α-hetero) is 1. The number of ketones is 1. The summed E-state index contributed by atoms with van der Waals surface area (Å²) in [7, 11) is 0. The van der Waals surface area contributed by atoms with Gasteiger partial charge in [-0.3, -0.25) is 4.79 Å². The molecule has 0 aliphatic carbocycles. The molecule has 0 saturated heterocycles. The molecule has 0 aromatic heterocycles. The van der Waals surface area contributed by atoms with E-state index in [1.165, 1.54) is 27.8 Å². The topological polar surface area (TPSA) is 17.1 Å². The molecule has 0 unspecified atom stereocenters. The molecule has 0 N–H and O–H groups in total. The van der Waals surface area contributed by atoms with E-state index in [1.807, 2.05) is 19.1 Å². The molecule has 1 nitrogen and oxygen atoms in total. The number of rotatable bonds is 4. The first-order chi connectivity index (χ1) is 9.52. The normalized spacial score (nSPS) is 10.1. The van der Waals surface area contributed by atoms with E-state index in [4.69, 9.17) is 0 Å². The Morgan fingerprint density at radius 3 is 2.19 bits per heavy atom. The van der Waals surface area contributed by atoms with Gasteiger partial charge in [-0.2, -0.15) is 0 Å². The van der Waals surface area contributed by atoms with Crippen LogP contribution in [0, 0.1) is 20.8 Å². The zero-order valence-electron chi connectivity index (χ0n) is 12.8. The first-order valence-electron chi connectivity index (χ1n) is 7.24. The summed E-state index contributed by atoms with van der Waals surface area (Å²) in [6.07, 6.45) is 1.52. The Kier molecular flexibility index (Phi) is 5.90. The Balaban J connectivity index is 0.00000220. The van der Waals surface area contributed by atoms with E-state index in [0.29, 0.717) is 6.42 Å². The van der Waals surface area contributed by atoms with E-state index in [-0.39, 0.29) is 13.2 Å². The third-order valence-corrected chi connectivity index (χ3v) is 3.83. The van der Waals surface area contributed by atoms with Crippen molar-refractivity contribution < 1.29 is 4.79 Å². The van der Waals surface area contributed by atoms with Crippen molar-refractivity contribution in [3.8, 4) is 11.1 Å². The van der Waals surface area contributed by atoms with Gasteiger partial charge in [-0.25, -0.2) is 0 Å². The van der Waals surface area contributed by atoms with Gasteiger partial charge < -0.3 is 0 Å². The van der Waals surface area contributed by atoms with Gasteiger partial charge in [-0.1, -0.05) is 44.2 Å². The SMILES string of the molecule is C.CCCC(=O)c1cc(C)c(C)c(-c2ccc(C)cc2)c1. The van der Waals surface area contributed by atoms with Gasteiger partial charge in [-0.05, 0) is 61.6 Å². The maximum Gasteiger partial charge on any atom is 0.162 e. The first kappa shape index (κ1) is 17.2. The summed E-state index contributed by atoms with van der Waals surface area (Å²) < 4.78 is 0. The van der Waals surface area contributed by atoms with Gasteiger partial charge in [0, 0.05) is 12.0 Å². The number of carbonyl (C=O) groups is 1. The second-order valence-corrected chi connectivity index (χ2v) is 5.50. The quantitative estimate of drug-likeness (QED) is 0.638. The van der Waals surface area contributed by atoms with Crippen molar-refractivity contribution in [3.63, 3.8) is 0 Å². The molecular weight excluding hydrogens is 256 g/mol. The van der Waals surface area contributed by atoms with Gasteiger partial charge in [0.05, 0.1) is 0 Å². The summed E-state index contributed by atoms with van der Waals surface area (Å²) in [4.78, 5) is 12.1. The molecule has 0 saturated carbocycles. The van der Waals surface area contributed by atoms with Gasteiger partial charge >= 0.3 is 0 Å². The van der Waals surface area contributed by atoms with Crippen LogP contribution in [0.15, 0.2) is 36.4 Å². The average Bonchev–Trinajstić information content (AvgIpc) is 2.43. The van der Waals surface area contributed by atoms with Crippen LogP contribution in [-0.2, 0) is 0 Å². The summed E-state index contributed by atoms with van der Waals surface area (Å²) in [6.45, 7) is 8.33. The number of benzene rings is 2. The van der Waals surface area contributed by atoms with Crippen LogP contribution < -0.4 is 0 Å². The Labute approximate surface area is 129 Å². The molecule has 0 atom stereocenters. The lowest BCUT2D eigenvalue weighted by Gasteiger charge is -2.12. The monoisotopic (exact) mass is 282 g/mol. The Morgan fingerprint density at radius 2 is 1.62 bits per heavy atom. The lowest BCUT2D eigenvalue weighted by molar-refractivity contribution is 0.0981. The summed E-state index contributed by atoms with van der Waals surface area (Å²) in [6, 6.07) is 12.6. The standard InChI is InChI=1S/C19H22O.CH4/c1-5-6-19(20)17-11-14(3)15(4)18(12-17)16-9-7-13(2)8-10-16;/h7-12H,5-6H2,1-4H3;1H4. The third kappa shape index (κ3) is 3.81. The minimum absolute atomic E-state index is 0. The minimum atomic E-state index is 0. The first-order valence-corrected chi connectivity index (χ1v) is 7.24. The molecule has 0 aliphatic rings. The molecule has 2 aromatic rings. The fraction of sp³-hybridized carbons (Fsp3) is 0.350. The lowest BCUT2D eigenvalue weighted by Crippen LogP contribution is -2.01. The van der Waals surface area contributed by atoms with Gasteiger partial charge in [0.15, 0.2) is 5.78 Å². The molecule has 0 radical (unpaired) electrons. The molecule has 1 heteroatoms. The molecule has 0 bridgehead atoms. The maximum atomic E-state index is 12.1. The van der Waals surface area contributed by atoms with Crippen molar-refractivity contribution in [2.45, 2.75) is 48.0 Å². The molecule has 0 aliphatic heterocycles. The number of hydrogen-bond acceptors (Lipinski definition) is 1. The van der Waals surface area contributed by atoms with Crippen LogP contribution in [0.25, 0.3) is 11.1 Å². The van der Waals surface area contributed by atoms with Crippen molar-refractivity contribution in [2.75, 3.05) is 0 Å². The molecule has 0 heterocycles. The zero-order chi connectivity index (χ0) is 14.7. The number of carbonyl (C=O) groups excluding carboxylic acids is 1. The smallest absolute Gasteiger partial charge is 0.162 e. The van der Waals surface area contributed by atoms with Crippen LogP contribution in [0.5, 0.6) is 0 Å². The second kappa shape index (κ2) is 7.21. The summed E-state index contributed by atoms with van der Waals surface area (Å²) in [5.41, 5.74) is 6.88. The number of aryl methyl sites for hydroxylation is 2. The highest BCUT2D eigenvalue weighted by Gasteiger charge is 2.11. The van der Waals surface area contributed by atoms with Crippen molar-refractivity contribution in [1.29, 1.82) is 0 Å². The van der Waals surface area contributed by atoms with Gasteiger partial charge in [0.1, 0.15) is 0 Å². The summed E-state index contributed by atoms with van der Waals surface area (Å²) in [5, 5.41) is 0. The van der Waals surface area contributed by atoms with Crippen LogP contribution >= 0.6 is 0 Å². The van der Waals surface area contributed by atoms with Crippen LogP contribution in [0.4, 0.5) is 0 Å². The Bertz CT molecular complexity index is 621. The van der Waals surface area contributed by atoms with Gasteiger partial charge in [0.2, 0.25) is 0 Å². The minimum Gasteiger partial charge on any atom is -0.294 e. The Morgan fingerprint density at radius 1 is 1.00 bits per heavy atom. The predicted octanol–water partition coefficient (Wildman–Crippen LogP) is 5.90. The van der Waals surface area contributed by atoms with Crippen molar-refractivity contribution in [1.82, 2.24) is 0 Å². The van der Waals surface area contributed by atoms with Gasteiger partial charge in [0.25, 0.3) is 0 Å². The third-order valence-electron chi connectivity index (χ3n) is 3.83. The molecular formula is C20H26O. The summed E-state index contributed by atoms with van der Waals surface area (Å²) in [5.74, 6) is 0.240. The van der Waals surface area contributed by atoms with Crippen LogP contribution in [0.3, 0.4) is 0 Å². The van der Waals surface area contributed by atoms with E-state index < -0.39 is 0 Å². The molecule has 2 aromatic carbocycles. The Hall–Kier alpha value is -1.89. The fourth-order valence-corrected chi connectivity index (χ4v) is 2.42. The van der Waals surface area contributed by atoms with Gasteiger partial charge in [-0.15, -0.1) is 0 Å². The number of hydrogen-bond donors (Lipinski definition) is 0. The fourth-order valence-electron chi connectivity index (χ4n) is 2.42. The van der Waals surface area contributed by atoms with Crippen LogP contribution in [0.1, 0.15) is 54.2 Å². The second-order valence-electron chi connectivity index (χ2n) is 5.50. The van der Waals surface area contributed by atoms with Crippen molar-refractivity contribution in [3.05, 3.63) is 58.7 Å². The highest BCUT2D eigenvalue weighted by Crippen LogP contribution is 2.28. The van der Waals surface area contributed by atoms with Crippen molar-refractivity contribution in [2.24, 2.45) is 0 Å². The molecule has 0 spiro atoms. The molecule has 112 valence electrons. The zero-order valence-corrected chi connectivity index (χ0v) is 12.8. The highest BCUT2D eigenvalue weighted by molar-refractivity contribution is 5.97. The predicted molar refractivity (Wildman–Crippen MR) is 92.1 cm³/mol.